The maximum absolute atomic E-state index is 16.8. The molecule has 2 aromatic heterocycles. The summed E-state index contributed by atoms with van der Waals surface area (Å²) in [6.45, 7) is 7.70. The van der Waals surface area contributed by atoms with E-state index in [1.54, 1.807) is 25.4 Å². The molecule has 4 aromatic rings. The first-order chi connectivity index (χ1) is 21.8. The fourth-order valence-electron chi connectivity index (χ4n) is 8.03. The van der Waals surface area contributed by atoms with Gasteiger partial charge in [-0.25, -0.2) is 4.39 Å². The number of hydrogen-bond donors (Lipinski definition) is 2. The number of terminal acetylenes is 1. The number of benzene rings is 2. The highest BCUT2D eigenvalue weighted by Crippen LogP contribution is 2.43. The summed E-state index contributed by atoms with van der Waals surface area (Å²) in [4.78, 5) is 18.8. The summed E-state index contributed by atoms with van der Waals surface area (Å²) in [6, 6.07) is 9.37. The zero-order valence-electron chi connectivity index (χ0n) is 25.2. The smallest absolute Gasteiger partial charge is 0.319 e. The van der Waals surface area contributed by atoms with Crippen LogP contribution in [0.2, 0.25) is 0 Å². The predicted octanol–water partition coefficient (Wildman–Crippen LogP) is 4.41. The Morgan fingerprint density at radius 1 is 1.20 bits per heavy atom. The van der Waals surface area contributed by atoms with Gasteiger partial charge in [-0.3, -0.25) is 9.88 Å². The summed E-state index contributed by atoms with van der Waals surface area (Å²) >= 11 is 0. The number of ether oxygens (including phenoxy) is 2. The van der Waals surface area contributed by atoms with E-state index < -0.39 is 5.82 Å². The van der Waals surface area contributed by atoms with E-state index in [0.717, 1.165) is 57.4 Å². The number of phenols is 1. The molecule has 230 valence electrons. The normalized spacial score (nSPS) is 26.1. The topological polar surface area (TPSA) is 95.9 Å². The number of nitrogens with one attached hydrogen (secondary N) is 1. The lowest BCUT2D eigenvalue weighted by atomic mass is 9.93. The molecule has 10 heteroatoms. The molecule has 9 nitrogen and oxygen atoms in total. The Morgan fingerprint density at radius 3 is 2.80 bits per heavy atom. The Hall–Kier alpha value is -4.30. The molecule has 2 bridgehead atoms. The summed E-state index contributed by atoms with van der Waals surface area (Å²) in [5.74, 6) is 2.68. The van der Waals surface area contributed by atoms with Gasteiger partial charge in [0.2, 0.25) is 0 Å². The van der Waals surface area contributed by atoms with Crippen molar-refractivity contribution in [1.29, 1.82) is 0 Å². The summed E-state index contributed by atoms with van der Waals surface area (Å²) in [6.07, 6.45) is 11.4. The van der Waals surface area contributed by atoms with Gasteiger partial charge in [0.05, 0.1) is 17.0 Å². The molecule has 0 spiro atoms. The molecule has 8 rings (SSSR count). The van der Waals surface area contributed by atoms with Crippen LogP contribution in [0, 0.1) is 18.2 Å². The van der Waals surface area contributed by atoms with Crippen LogP contribution >= 0.6 is 0 Å². The zero-order valence-corrected chi connectivity index (χ0v) is 25.2. The number of hydrogen-bond acceptors (Lipinski definition) is 9. The lowest BCUT2D eigenvalue weighted by Crippen LogP contribution is -2.51. The molecule has 0 aliphatic carbocycles. The number of fused-ring (bicyclic) bond motifs is 5. The fourth-order valence-corrected chi connectivity index (χ4v) is 8.03. The van der Waals surface area contributed by atoms with Crippen LogP contribution in [0.3, 0.4) is 0 Å². The molecule has 4 aliphatic rings. The Balaban J connectivity index is 1.25. The van der Waals surface area contributed by atoms with E-state index in [1.165, 1.54) is 6.07 Å². The Bertz CT molecular complexity index is 1900. The van der Waals surface area contributed by atoms with Gasteiger partial charge in [0, 0.05) is 68.1 Å². The molecule has 0 saturated carbocycles. The van der Waals surface area contributed by atoms with Crippen LogP contribution in [0.1, 0.15) is 31.2 Å². The van der Waals surface area contributed by atoms with E-state index in [4.69, 9.17) is 20.9 Å². The second-order valence-corrected chi connectivity index (χ2v) is 13.0. The quantitative estimate of drug-likeness (QED) is 0.245. The van der Waals surface area contributed by atoms with E-state index in [9.17, 15) is 5.11 Å². The molecular formula is C35H35FN6O3. The molecule has 0 amide bonds. The maximum Gasteiger partial charge on any atom is 0.319 e. The first kappa shape index (κ1) is 28.2. The molecule has 2 aromatic carbocycles. The van der Waals surface area contributed by atoms with Crippen molar-refractivity contribution in [3.05, 3.63) is 60.1 Å². The van der Waals surface area contributed by atoms with E-state index in [0.29, 0.717) is 51.8 Å². The third-order valence-electron chi connectivity index (χ3n) is 10.0. The van der Waals surface area contributed by atoms with Crippen molar-refractivity contribution in [3.63, 3.8) is 0 Å². The first-order valence-electron chi connectivity index (χ1n) is 15.5. The number of anilines is 1. The summed E-state index contributed by atoms with van der Waals surface area (Å²) in [5, 5.41) is 16.1. The highest BCUT2D eigenvalue weighted by Gasteiger charge is 2.50. The summed E-state index contributed by atoms with van der Waals surface area (Å²) in [7, 11) is 1.74. The van der Waals surface area contributed by atoms with E-state index in [2.05, 4.69) is 37.6 Å². The molecule has 4 aliphatic heterocycles. The van der Waals surface area contributed by atoms with Gasteiger partial charge in [-0.15, -0.1) is 6.42 Å². The zero-order chi connectivity index (χ0) is 30.9. The number of phenolic OH excluding ortho intramolecular Hbond substituents is 1. The van der Waals surface area contributed by atoms with Gasteiger partial charge < -0.3 is 24.8 Å². The first-order valence-corrected chi connectivity index (χ1v) is 15.5. The number of aromatic nitrogens is 3. The van der Waals surface area contributed by atoms with Gasteiger partial charge in [-0.1, -0.05) is 30.2 Å². The van der Waals surface area contributed by atoms with Gasteiger partial charge in [0.1, 0.15) is 29.4 Å². The second-order valence-electron chi connectivity index (χ2n) is 13.0. The molecule has 2 N–H and O–H groups in total. The van der Waals surface area contributed by atoms with Gasteiger partial charge in [0.15, 0.2) is 5.82 Å². The Morgan fingerprint density at radius 2 is 2.02 bits per heavy atom. The molecule has 45 heavy (non-hydrogen) atoms. The molecule has 2 unspecified atom stereocenters. The minimum atomic E-state index is -0.618. The molecule has 4 fully saturated rings. The SMILES string of the molecule is C#Cc1cccc2cc(O)cc(-c3ncc4c(N5CC6CCC(C5)N6)nc(OC[C@]56CC(=C)CN5C[C@@H](OC)C6)nc4c3F)c12. The van der Waals surface area contributed by atoms with Crippen LogP contribution in [0.5, 0.6) is 11.8 Å². The average molecular weight is 607 g/mol. The number of halogens is 1. The van der Waals surface area contributed by atoms with Gasteiger partial charge in [-0.05, 0) is 49.3 Å². The molecular weight excluding hydrogens is 571 g/mol. The van der Waals surface area contributed by atoms with Crippen LogP contribution in [0.15, 0.2) is 48.7 Å². The number of rotatable bonds is 6. The number of methoxy groups -OCH3 is 1. The number of aromatic hydroxyl groups is 1. The van der Waals surface area contributed by atoms with Crippen molar-refractivity contribution < 1.29 is 19.0 Å². The van der Waals surface area contributed by atoms with Gasteiger partial charge >= 0.3 is 6.01 Å². The summed E-state index contributed by atoms with van der Waals surface area (Å²) < 4.78 is 29.0. The van der Waals surface area contributed by atoms with Crippen molar-refractivity contribution >= 4 is 27.5 Å². The largest absolute Gasteiger partial charge is 0.508 e. The van der Waals surface area contributed by atoms with Gasteiger partial charge in [-0.2, -0.15) is 9.97 Å². The third kappa shape index (κ3) is 4.69. The number of nitrogens with zero attached hydrogens (tertiary/aromatic N) is 5. The van der Waals surface area contributed by atoms with Crippen molar-refractivity contribution in [1.82, 2.24) is 25.2 Å². The van der Waals surface area contributed by atoms with Crippen LogP contribution in [0.4, 0.5) is 10.2 Å². The molecule has 0 radical (unpaired) electrons. The molecule has 6 heterocycles. The molecule has 4 atom stereocenters. The lowest BCUT2D eigenvalue weighted by molar-refractivity contribution is 0.101. The van der Waals surface area contributed by atoms with Crippen molar-refractivity contribution in [3.8, 4) is 35.4 Å². The highest BCUT2D eigenvalue weighted by atomic mass is 19.1. The van der Waals surface area contributed by atoms with E-state index >= 15 is 4.39 Å². The van der Waals surface area contributed by atoms with Crippen molar-refractivity contribution in [2.24, 2.45) is 0 Å². The average Bonchev–Trinajstić information content (AvgIpc) is 3.66. The standard InChI is InChI=1S/C35H35FN6O3/c1-4-21-6-5-7-22-10-25(43)11-27(29(21)22)31-30(36)32-28(14-37-31)33(41-16-23-8-9-24(17-41)38-23)40-34(39-32)45-19-35-12-20(2)15-42(35)18-26(13-35)44-3/h1,5-7,10-11,14,23-24,26,38,43H,2,8-9,12-13,15-19H2,3H3/t23?,24?,26-,35+/m0/s1. The van der Waals surface area contributed by atoms with E-state index in [-0.39, 0.29) is 34.6 Å². The predicted molar refractivity (Wildman–Crippen MR) is 171 cm³/mol. The fraction of sp³-hybridized carbons (Fsp3) is 0.400. The van der Waals surface area contributed by atoms with E-state index in [1.807, 2.05) is 12.1 Å². The van der Waals surface area contributed by atoms with Gasteiger partial charge in [0.25, 0.3) is 0 Å². The number of pyridine rings is 1. The Labute approximate surface area is 261 Å². The third-order valence-corrected chi connectivity index (χ3v) is 10.0. The minimum Gasteiger partial charge on any atom is -0.508 e. The van der Waals surface area contributed by atoms with Crippen molar-refractivity contribution in [2.75, 3.05) is 44.8 Å². The van der Waals surface area contributed by atoms with Crippen LogP contribution in [0.25, 0.3) is 32.9 Å². The minimum absolute atomic E-state index is 0.00968. The monoisotopic (exact) mass is 606 g/mol. The Kier molecular flexibility index (Phi) is 6.68. The lowest BCUT2D eigenvalue weighted by Gasteiger charge is -2.34. The number of piperazine rings is 1. The van der Waals surface area contributed by atoms with Crippen LogP contribution < -0.4 is 15.0 Å². The summed E-state index contributed by atoms with van der Waals surface area (Å²) in [5.41, 5.74) is 2.05. The molecule has 4 saturated heterocycles. The second kappa shape index (κ2) is 10.7. The van der Waals surface area contributed by atoms with Crippen LogP contribution in [-0.2, 0) is 4.74 Å². The highest BCUT2D eigenvalue weighted by molar-refractivity contribution is 6.02. The maximum atomic E-state index is 16.8. The van der Waals surface area contributed by atoms with Crippen molar-refractivity contribution in [2.45, 2.75) is 49.4 Å². The van der Waals surface area contributed by atoms with Crippen LogP contribution in [-0.4, -0.2) is 88.6 Å².